The van der Waals surface area contributed by atoms with Gasteiger partial charge >= 0.3 is 0 Å². The standard InChI is InChI=1S/C9H18N2O2/c1-7(6-13-3)11(2)9(12)8-4-10-5-8/h7-8,10H,4-6H2,1-3H3. The zero-order valence-electron chi connectivity index (χ0n) is 8.54. The van der Waals surface area contributed by atoms with E-state index in [9.17, 15) is 4.79 Å². The molecule has 0 aromatic heterocycles. The van der Waals surface area contributed by atoms with Crippen molar-refractivity contribution < 1.29 is 9.53 Å². The molecule has 1 unspecified atom stereocenters. The van der Waals surface area contributed by atoms with Crippen molar-refractivity contribution in [1.82, 2.24) is 10.2 Å². The second-order valence-corrected chi connectivity index (χ2v) is 3.61. The fourth-order valence-electron chi connectivity index (χ4n) is 1.32. The molecule has 1 amide bonds. The van der Waals surface area contributed by atoms with Crippen LogP contribution in [-0.4, -0.2) is 50.7 Å². The van der Waals surface area contributed by atoms with Gasteiger partial charge in [0.25, 0.3) is 0 Å². The topological polar surface area (TPSA) is 41.6 Å². The predicted octanol–water partition coefficient (Wildman–Crippen LogP) is -0.301. The van der Waals surface area contributed by atoms with Crippen molar-refractivity contribution in [3.05, 3.63) is 0 Å². The van der Waals surface area contributed by atoms with Gasteiger partial charge in [0.05, 0.1) is 18.6 Å². The fourth-order valence-corrected chi connectivity index (χ4v) is 1.32. The number of hydrogen-bond donors (Lipinski definition) is 1. The molecule has 1 aliphatic rings. The monoisotopic (exact) mass is 186 g/mol. The van der Waals surface area contributed by atoms with E-state index in [-0.39, 0.29) is 17.9 Å². The quantitative estimate of drug-likeness (QED) is 0.655. The Labute approximate surface area is 79.2 Å². The van der Waals surface area contributed by atoms with Crippen molar-refractivity contribution in [2.24, 2.45) is 5.92 Å². The fraction of sp³-hybridized carbons (Fsp3) is 0.889. The minimum absolute atomic E-state index is 0.165. The molecule has 1 atom stereocenters. The lowest BCUT2D eigenvalue weighted by Gasteiger charge is -2.33. The van der Waals surface area contributed by atoms with Gasteiger partial charge in [0.2, 0.25) is 5.91 Å². The maximum Gasteiger partial charge on any atom is 0.228 e. The number of amides is 1. The lowest BCUT2D eigenvalue weighted by atomic mass is 10.0. The van der Waals surface area contributed by atoms with Crippen LogP contribution < -0.4 is 5.32 Å². The Bertz CT molecular complexity index is 180. The molecule has 0 radical (unpaired) electrons. The van der Waals surface area contributed by atoms with Crippen LogP contribution in [0.15, 0.2) is 0 Å². The number of likely N-dealkylation sites (N-methyl/N-ethyl adjacent to an activating group) is 1. The summed E-state index contributed by atoms with van der Waals surface area (Å²) < 4.78 is 5.00. The third kappa shape index (κ3) is 2.42. The lowest BCUT2D eigenvalue weighted by molar-refractivity contribution is -0.138. The molecule has 13 heavy (non-hydrogen) atoms. The van der Waals surface area contributed by atoms with E-state index in [2.05, 4.69) is 5.32 Å². The third-order valence-corrected chi connectivity index (χ3v) is 2.55. The molecule has 0 bridgehead atoms. The molecule has 1 aliphatic heterocycles. The molecule has 4 heteroatoms. The van der Waals surface area contributed by atoms with Crippen LogP contribution in [0.5, 0.6) is 0 Å². The minimum atomic E-state index is 0.165. The van der Waals surface area contributed by atoms with Gasteiger partial charge in [0, 0.05) is 27.2 Å². The first-order valence-electron chi connectivity index (χ1n) is 4.63. The van der Waals surface area contributed by atoms with E-state index in [0.717, 1.165) is 13.1 Å². The summed E-state index contributed by atoms with van der Waals surface area (Å²) in [5, 5.41) is 3.09. The van der Waals surface area contributed by atoms with Gasteiger partial charge in [-0.1, -0.05) is 0 Å². The molecule has 1 rings (SSSR count). The predicted molar refractivity (Wildman–Crippen MR) is 50.5 cm³/mol. The number of nitrogens with one attached hydrogen (secondary N) is 1. The molecule has 0 saturated carbocycles. The van der Waals surface area contributed by atoms with Gasteiger partial charge in [-0.05, 0) is 6.92 Å². The molecule has 0 aromatic rings. The van der Waals surface area contributed by atoms with Crippen LogP contribution in [0.25, 0.3) is 0 Å². The maximum absolute atomic E-state index is 11.7. The number of ether oxygens (including phenoxy) is 1. The number of nitrogens with zero attached hydrogens (tertiary/aromatic N) is 1. The molecule has 4 nitrogen and oxygen atoms in total. The van der Waals surface area contributed by atoms with Crippen molar-refractivity contribution in [2.45, 2.75) is 13.0 Å². The summed E-state index contributed by atoms with van der Waals surface area (Å²) in [5.74, 6) is 0.410. The summed E-state index contributed by atoms with van der Waals surface area (Å²) in [5.41, 5.74) is 0. The molecular weight excluding hydrogens is 168 g/mol. The van der Waals surface area contributed by atoms with Gasteiger partial charge in [-0.3, -0.25) is 4.79 Å². The van der Waals surface area contributed by atoms with Crippen LogP contribution in [-0.2, 0) is 9.53 Å². The number of carbonyl (C=O) groups excluding carboxylic acids is 1. The van der Waals surface area contributed by atoms with Crippen LogP contribution >= 0.6 is 0 Å². The van der Waals surface area contributed by atoms with Crippen molar-refractivity contribution in [1.29, 1.82) is 0 Å². The smallest absolute Gasteiger partial charge is 0.228 e. The van der Waals surface area contributed by atoms with Crippen LogP contribution in [0.3, 0.4) is 0 Å². The number of hydrogen-bond acceptors (Lipinski definition) is 3. The van der Waals surface area contributed by atoms with E-state index in [1.807, 2.05) is 14.0 Å². The van der Waals surface area contributed by atoms with Crippen molar-refractivity contribution in [3.63, 3.8) is 0 Å². The second-order valence-electron chi connectivity index (χ2n) is 3.61. The number of carbonyl (C=O) groups is 1. The summed E-state index contributed by atoms with van der Waals surface area (Å²) in [7, 11) is 3.49. The number of rotatable bonds is 4. The summed E-state index contributed by atoms with van der Waals surface area (Å²) in [6, 6.07) is 0.165. The first-order chi connectivity index (χ1) is 6.16. The van der Waals surface area contributed by atoms with Gasteiger partial charge in [0.15, 0.2) is 0 Å². The molecule has 0 aromatic carbocycles. The Morgan fingerprint density at radius 2 is 2.31 bits per heavy atom. The Hall–Kier alpha value is -0.610. The van der Waals surface area contributed by atoms with E-state index < -0.39 is 0 Å². The first-order valence-corrected chi connectivity index (χ1v) is 4.63. The normalized spacial score (nSPS) is 19.3. The molecule has 1 fully saturated rings. The highest BCUT2D eigenvalue weighted by Crippen LogP contribution is 2.09. The Morgan fingerprint density at radius 3 is 2.69 bits per heavy atom. The van der Waals surface area contributed by atoms with Crippen molar-refractivity contribution in [2.75, 3.05) is 33.9 Å². The Balaban J connectivity index is 2.35. The van der Waals surface area contributed by atoms with Gasteiger partial charge in [-0.2, -0.15) is 0 Å². The molecule has 1 N–H and O–H groups in total. The molecule has 1 saturated heterocycles. The van der Waals surface area contributed by atoms with Crippen molar-refractivity contribution >= 4 is 5.91 Å². The zero-order chi connectivity index (χ0) is 9.84. The Morgan fingerprint density at radius 1 is 1.69 bits per heavy atom. The first kappa shape index (κ1) is 10.5. The van der Waals surface area contributed by atoms with Crippen molar-refractivity contribution in [3.8, 4) is 0 Å². The van der Waals surface area contributed by atoms with E-state index in [4.69, 9.17) is 4.74 Å². The zero-order valence-corrected chi connectivity index (χ0v) is 8.54. The van der Waals surface area contributed by atoms with Crippen LogP contribution in [0.4, 0.5) is 0 Å². The van der Waals surface area contributed by atoms with Gasteiger partial charge in [0.1, 0.15) is 0 Å². The lowest BCUT2D eigenvalue weighted by Crippen LogP contribution is -2.53. The highest BCUT2D eigenvalue weighted by Gasteiger charge is 2.29. The van der Waals surface area contributed by atoms with Gasteiger partial charge < -0.3 is 15.0 Å². The summed E-state index contributed by atoms with van der Waals surface area (Å²) in [6.45, 7) is 4.24. The van der Waals surface area contributed by atoms with Gasteiger partial charge in [-0.25, -0.2) is 0 Å². The summed E-state index contributed by atoms with van der Waals surface area (Å²) in [6.07, 6.45) is 0. The van der Waals surface area contributed by atoms with E-state index in [1.54, 1.807) is 12.0 Å². The molecular formula is C9H18N2O2. The average Bonchev–Trinajstić information content (AvgIpc) is 2.00. The maximum atomic E-state index is 11.7. The molecule has 76 valence electrons. The molecule has 0 spiro atoms. The average molecular weight is 186 g/mol. The SMILES string of the molecule is COCC(C)N(C)C(=O)C1CNC1. The van der Waals surface area contributed by atoms with E-state index in [0.29, 0.717) is 6.61 Å². The van der Waals surface area contributed by atoms with E-state index in [1.165, 1.54) is 0 Å². The largest absolute Gasteiger partial charge is 0.383 e. The number of methoxy groups -OCH3 is 1. The second kappa shape index (κ2) is 4.58. The van der Waals surface area contributed by atoms with Gasteiger partial charge in [-0.15, -0.1) is 0 Å². The highest BCUT2D eigenvalue weighted by molar-refractivity contribution is 5.80. The minimum Gasteiger partial charge on any atom is -0.383 e. The van der Waals surface area contributed by atoms with E-state index >= 15 is 0 Å². The van der Waals surface area contributed by atoms with Crippen LogP contribution in [0, 0.1) is 5.92 Å². The Kier molecular flexibility index (Phi) is 3.69. The third-order valence-electron chi connectivity index (χ3n) is 2.55. The van der Waals surface area contributed by atoms with Crippen LogP contribution in [0.1, 0.15) is 6.92 Å². The molecule has 1 heterocycles. The van der Waals surface area contributed by atoms with Crippen LogP contribution in [0.2, 0.25) is 0 Å². The summed E-state index contributed by atoms with van der Waals surface area (Å²) >= 11 is 0. The molecule has 0 aliphatic carbocycles. The summed E-state index contributed by atoms with van der Waals surface area (Å²) in [4.78, 5) is 13.4. The highest BCUT2D eigenvalue weighted by atomic mass is 16.5.